The van der Waals surface area contributed by atoms with Gasteiger partial charge in [0.05, 0.1) is 17.9 Å². The lowest BCUT2D eigenvalue weighted by Gasteiger charge is -2.31. The summed E-state index contributed by atoms with van der Waals surface area (Å²) in [5, 5.41) is 1.01. The van der Waals surface area contributed by atoms with Crippen molar-refractivity contribution in [2.24, 2.45) is 10.9 Å². The van der Waals surface area contributed by atoms with Gasteiger partial charge in [0.25, 0.3) is 0 Å². The zero-order valence-corrected chi connectivity index (χ0v) is 15.6. The summed E-state index contributed by atoms with van der Waals surface area (Å²) < 4.78 is 18.8. The van der Waals surface area contributed by atoms with Crippen molar-refractivity contribution in [2.45, 2.75) is 31.1 Å². The minimum absolute atomic E-state index is 0.207. The molecule has 130 valence electrons. The lowest BCUT2D eigenvalue weighted by atomic mass is 9.86. The van der Waals surface area contributed by atoms with Gasteiger partial charge >= 0.3 is 0 Å². The largest absolute Gasteiger partial charge is 0.497 e. The predicted molar refractivity (Wildman–Crippen MR) is 104 cm³/mol. The molecule has 2 nitrogen and oxygen atoms in total. The number of hydrogen-bond acceptors (Lipinski definition) is 3. The molecule has 0 radical (unpaired) electrons. The molecular formula is C21H22FNOS. The summed E-state index contributed by atoms with van der Waals surface area (Å²) in [6, 6.07) is 12.8. The highest BCUT2D eigenvalue weighted by Crippen LogP contribution is 2.44. The molecule has 2 aromatic carbocycles. The maximum Gasteiger partial charge on any atom is 0.124 e. The Bertz CT molecular complexity index is 813. The summed E-state index contributed by atoms with van der Waals surface area (Å²) in [5.74, 6) is 1.23. The van der Waals surface area contributed by atoms with Gasteiger partial charge < -0.3 is 4.74 Å². The molecule has 2 aromatic rings. The third-order valence-electron chi connectivity index (χ3n) is 4.71. The van der Waals surface area contributed by atoms with Gasteiger partial charge in [-0.25, -0.2) is 9.38 Å². The highest BCUT2D eigenvalue weighted by Gasteiger charge is 2.31. The second-order valence-corrected chi connectivity index (χ2v) is 7.28. The zero-order valence-electron chi connectivity index (χ0n) is 14.8. The molecule has 1 heterocycles. The first-order valence-electron chi connectivity index (χ1n) is 8.42. The van der Waals surface area contributed by atoms with Crippen molar-refractivity contribution < 1.29 is 9.13 Å². The Morgan fingerprint density at radius 1 is 1.24 bits per heavy atom. The van der Waals surface area contributed by atoms with Crippen LogP contribution in [0, 0.1) is 11.7 Å². The fourth-order valence-electron chi connectivity index (χ4n) is 3.21. The first kappa shape index (κ1) is 17.7. The van der Waals surface area contributed by atoms with Crippen molar-refractivity contribution in [1.82, 2.24) is 0 Å². The van der Waals surface area contributed by atoms with Crippen molar-refractivity contribution in [1.29, 1.82) is 0 Å². The Hall–Kier alpha value is -2.07. The smallest absolute Gasteiger partial charge is 0.124 e. The van der Waals surface area contributed by atoms with Crippen molar-refractivity contribution in [2.75, 3.05) is 7.11 Å². The molecule has 0 bridgehead atoms. The fourth-order valence-corrected chi connectivity index (χ4v) is 4.65. The second-order valence-electron chi connectivity index (χ2n) is 6.21. The van der Waals surface area contributed by atoms with Gasteiger partial charge in [-0.15, -0.1) is 0 Å². The van der Waals surface area contributed by atoms with E-state index in [2.05, 4.69) is 20.4 Å². The molecule has 25 heavy (non-hydrogen) atoms. The standard InChI is InChI=1S/C21H22FNOS/c1-5-18-13(2)19-11-8-16(22)12-20(19)25-21(18)23-14(3)15-6-9-17(24-4)10-7-15/h6-13,18H,3,5H2,1-2,4H3. The summed E-state index contributed by atoms with van der Waals surface area (Å²) in [6.07, 6.45) is 0.986. The van der Waals surface area contributed by atoms with E-state index < -0.39 is 0 Å². The van der Waals surface area contributed by atoms with Gasteiger partial charge in [-0.1, -0.05) is 38.3 Å². The normalized spacial score (nSPS) is 21.0. The number of hydrogen-bond donors (Lipinski definition) is 0. The number of halogens is 1. The third-order valence-corrected chi connectivity index (χ3v) is 5.89. The maximum absolute atomic E-state index is 13.6. The number of benzene rings is 2. The number of thioether (sulfide) groups is 1. The summed E-state index contributed by atoms with van der Waals surface area (Å²) in [4.78, 5) is 5.77. The zero-order chi connectivity index (χ0) is 18.0. The molecule has 1 aliphatic rings. The predicted octanol–water partition coefficient (Wildman–Crippen LogP) is 6.14. The monoisotopic (exact) mass is 355 g/mol. The van der Waals surface area contributed by atoms with Crippen LogP contribution in [0.2, 0.25) is 0 Å². The van der Waals surface area contributed by atoms with Gasteiger partial charge in [-0.2, -0.15) is 0 Å². The highest BCUT2D eigenvalue weighted by molar-refractivity contribution is 8.14. The average molecular weight is 355 g/mol. The van der Waals surface area contributed by atoms with Gasteiger partial charge in [0, 0.05) is 10.8 Å². The lowest BCUT2D eigenvalue weighted by molar-refractivity contribution is 0.415. The van der Waals surface area contributed by atoms with Gasteiger partial charge in [0.2, 0.25) is 0 Å². The molecule has 0 spiro atoms. The molecule has 0 saturated heterocycles. The van der Waals surface area contributed by atoms with Crippen molar-refractivity contribution >= 4 is 22.5 Å². The molecule has 1 aliphatic heterocycles. The van der Waals surface area contributed by atoms with E-state index in [-0.39, 0.29) is 5.82 Å². The van der Waals surface area contributed by atoms with Gasteiger partial charge in [-0.05, 0) is 59.9 Å². The molecular weight excluding hydrogens is 333 g/mol. The molecule has 0 aliphatic carbocycles. The summed E-state index contributed by atoms with van der Waals surface area (Å²) >= 11 is 1.56. The van der Waals surface area contributed by atoms with Crippen LogP contribution in [-0.2, 0) is 0 Å². The van der Waals surface area contributed by atoms with E-state index in [1.807, 2.05) is 30.3 Å². The molecule has 0 N–H and O–H groups in total. The van der Waals surface area contributed by atoms with Crippen LogP contribution in [0.3, 0.4) is 0 Å². The summed E-state index contributed by atoms with van der Waals surface area (Å²) in [5.41, 5.74) is 2.88. The molecule has 2 unspecified atom stereocenters. The topological polar surface area (TPSA) is 21.6 Å². The summed E-state index contributed by atoms with van der Waals surface area (Å²) in [7, 11) is 1.65. The average Bonchev–Trinajstić information content (AvgIpc) is 2.61. The number of methoxy groups -OCH3 is 1. The third kappa shape index (κ3) is 3.64. The van der Waals surface area contributed by atoms with Crippen molar-refractivity contribution in [3.63, 3.8) is 0 Å². The first-order valence-corrected chi connectivity index (χ1v) is 9.24. The minimum atomic E-state index is -0.207. The molecule has 0 saturated carbocycles. The van der Waals surface area contributed by atoms with Crippen LogP contribution < -0.4 is 4.74 Å². The second kappa shape index (κ2) is 7.44. The molecule has 2 atom stereocenters. The number of fused-ring (bicyclic) bond motifs is 1. The van der Waals surface area contributed by atoms with Crippen LogP contribution in [0.1, 0.15) is 37.3 Å². The van der Waals surface area contributed by atoms with Crippen LogP contribution in [-0.4, -0.2) is 12.2 Å². The Balaban J connectivity index is 1.93. The van der Waals surface area contributed by atoms with Gasteiger partial charge in [0.1, 0.15) is 11.6 Å². The van der Waals surface area contributed by atoms with Crippen LogP contribution in [0.4, 0.5) is 4.39 Å². The molecule has 0 fully saturated rings. The quantitative estimate of drug-likeness (QED) is 0.657. The van der Waals surface area contributed by atoms with E-state index in [0.29, 0.717) is 11.8 Å². The molecule has 3 rings (SSSR count). The number of aliphatic imine (C=N–C) groups is 1. The highest BCUT2D eigenvalue weighted by atomic mass is 32.2. The number of rotatable bonds is 4. The molecule has 4 heteroatoms. The Labute approximate surface area is 152 Å². The van der Waals surface area contributed by atoms with E-state index in [1.54, 1.807) is 31.0 Å². The Morgan fingerprint density at radius 3 is 2.60 bits per heavy atom. The molecule has 0 aromatic heterocycles. The van der Waals surface area contributed by atoms with Crippen LogP contribution in [0.25, 0.3) is 5.70 Å². The van der Waals surface area contributed by atoms with Crippen LogP contribution in [0.15, 0.2) is 58.9 Å². The number of ether oxygens (including phenoxy) is 1. The SMILES string of the molecule is C=C(N=C1Sc2cc(F)ccc2C(C)C1CC)c1ccc(OC)cc1. The van der Waals surface area contributed by atoms with Gasteiger partial charge in [0.15, 0.2) is 0 Å². The molecule has 0 amide bonds. The number of nitrogens with zero attached hydrogens (tertiary/aromatic N) is 1. The van der Waals surface area contributed by atoms with Crippen LogP contribution in [0.5, 0.6) is 5.75 Å². The van der Waals surface area contributed by atoms with E-state index >= 15 is 0 Å². The van der Waals surface area contributed by atoms with Gasteiger partial charge in [-0.3, -0.25) is 0 Å². The van der Waals surface area contributed by atoms with E-state index in [4.69, 9.17) is 9.73 Å². The van der Waals surface area contributed by atoms with Crippen molar-refractivity contribution in [3.8, 4) is 5.75 Å². The fraction of sp³-hybridized carbons (Fsp3) is 0.286. The Morgan fingerprint density at radius 2 is 1.96 bits per heavy atom. The summed E-state index contributed by atoms with van der Waals surface area (Å²) in [6.45, 7) is 8.49. The lowest BCUT2D eigenvalue weighted by Crippen LogP contribution is -2.22. The maximum atomic E-state index is 13.6. The van der Waals surface area contributed by atoms with Crippen LogP contribution >= 0.6 is 11.8 Å². The van der Waals surface area contributed by atoms with E-state index in [9.17, 15) is 4.39 Å². The van der Waals surface area contributed by atoms with Crippen molar-refractivity contribution in [3.05, 3.63) is 66.0 Å². The minimum Gasteiger partial charge on any atom is -0.497 e. The van der Waals surface area contributed by atoms with E-state index in [1.165, 1.54) is 5.56 Å². The first-order chi connectivity index (χ1) is 12.0. The van der Waals surface area contributed by atoms with E-state index in [0.717, 1.165) is 33.4 Å². The Kier molecular flexibility index (Phi) is 5.28.